The van der Waals surface area contributed by atoms with Gasteiger partial charge in [-0.1, -0.05) is 69.7 Å². The molecule has 1 aromatic heterocycles. The van der Waals surface area contributed by atoms with E-state index < -0.39 is 12.0 Å². The summed E-state index contributed by atoms with van der Waals surface area (Å²) in [5, 5.41) is 24.1. The predicted octanol–water partition coefficient (Wildman–Crippen LogP) is 4.16. The first-order valence-electron chi connectivity index (χ1n) is 10.9. The number of aromatic nitrogens is 4. The Morgan fingerprint density at radius 1 is 1.09 bits per heavy atom. The van der Waals surface area contributed by atoms with Crippen molar-refractivity contribution in [2.24, 2.45) is 5.92 Å². The van der Waals surface area contributed by atoms with Gasteiger partial charge < -0.3 is 10.0 Å². The highest BCUT2D eigenvalue weighted by Gasteiger charge is 2.32. The summed E-state index contributed by atoms with van der Waals surface area (Å²) in [6.07, 6.45) is 1.95. The molecule has 1 heterocycles. The number of aromatic amines is 1. The van der Waals surface area contributed by atoms with E-state index in [4.69, 9.17) is 0 Å². The molecule has 0 saturated heterocycles. The Morgan fingerprint density at radius 3 is 2.47 bits per heavy atom. The van der Waals surface area contributed by atoms with Crippen LogP contribution in [0.15, 0.2) is 48.5 Å². The van der Waals surface area contributed by atoms with Gasteiger partial charge in [-0.2, -0.15) is 5.21 Å². The average Bonchev–Trinajstić information content (AvgIpc) is 3.31. The molecule has 1 atom stereocenters. The maximum atomic E-state index is 13.0. The van der Waals surface area contributed by atoms with Gasteiger partial charge in [0.1, 0.15) is 6.04 Å². The van der Waals surface area contributed by atoms with Crippen molar-refractivity contribution in [3.8, 4) is 22.5 Å². The zero-order valence-corrected chi connectivity index (χ0v) is 18.7. The number of hydrogen-bond acceptors (Lipinski definition) is 5. The lowest BCUT2D eigenvalue weighted by Crippen LogP contribution is -2.47. The third-order valence-corrected chi connectivity index (χ3v) is 5.39. The standard InChI is InChI=1S/C24H29N5O3/c1-4-5-13-21(30)29(22(16(2)3)24(31)32)15-17-9-8-10-18(14-17)19-11-6-7-12-20(19)23-25-27-28-26-23/h6-12,14,16,22H,4-5,13,15H2,1-3H3,(H,31,32)(H,25,26,27,28). The number of carboxylic acids is 1. The highest BCUT2D eigenvalue weighted by Crippen LogP contribution is 2.30. The highest BCUT2D eigenvalue weighted by atomic mass is 16.4. The molecule has 3 rings (SSSR count). The van der Waals surface area contributed by atoms with Crippen molar-refractivity contribution in [3.63, 3.8) is 0 Å². The second-order valence-electron chi connectivity index (χ2n) is 8.13. The molecule has 32 heavy (non-hydrogen) atoms. The van der Waals surface area contributed by atoms with Gasteiger partial charge in [0.05, 0.1) is 0 Å². The van der Waals surface area contributed by atoms with Crippen LogP contribution in [-0.4, -0.2) is 48.5 Å². The number of carboxylic acid groups (broad SMARTS) is 1. The monoisotopic (exact) mass is 435 g/mol. The van der Waals surface area contributed by atoms with Crippen molar-refractivity contribution < 1.29 is 14.7 Å². The number of H-pyrrole nitrogens is 1. The van der Waals surface area contributed by atoms with E-state index in [0.29, 0.717) is 12.2 Å². The van der Waals surface area contributed by atoms with Crippen LogP contribution in [0.25, 0.3) is 22.5 Å². The van der Waals surface area contributed by atoms with E-state index in [0.717, 1.165) is 35.1 Å². The van der Waals surface area contributed by atoms with Crippen LogP contribution in [-0.2, 0) is 16.1 Å². The van der Waals surface area contributed by atoms with Crippen molar-refractivity contribution in [1.29, 1.82) is 0 Å². The number of benzene rings is 2. The van der Waals surface area contributed by atoms with Crippen molar-refractivity contribution in [2.75, 3.05) is 0 Å². The minimum absolute atomic E-state index is 0.134. The molecule has 8 nitrogen and oxygen atoms in total. The largest absolute Gasteiger partial charge is 0.480 e. The van der Waals surface area contributed by atoms with Gasteiger partial charge in [-0.15, -0.1) is 10.2 Å². The summed E-state index contributed by atoms with van der Waals surface area (Å²) in [4.78, 5) is 26.5. The summed E-state index contributed by atoms with van der Waals surface area (Å²) in [7, 11) is 0. The lowest BCUT2D eigenvalue weighted by atomic mass is 9.96. The minimum atomic E-state index is -0.983. The Morgan fingerprint density at radius 2 is 1.84 bits per heavy atom. The molecular weight excluding hydrogens is 406 g/mol. The van der Waals surface area contributed by atoms with Crippen molar-refractivity contribution in [2.45, 2.75) is 52.6 Å². The molecule has 1 unspecified atom stereocenters. The summed E-state index contributed by atoms with van der Waals surface area (Å²) < 4.78 is 0. The average molecular weight is 436 g/mol. The molecule has 2 N–H and O–H groups in total. The van der Waals surface area contributed by atoms with E-state index in [1.54, 1.807) is 0 Å². The van der Waals surface area contributed by atoms with Crippen LogP contribution >= 0.6 is 0 Å². The van der Waals surface area contributed by atoms with Gasteiger partial charge in [0, 0.05) is 18.5 Å². The van der Waals surface area contributed by atoms with Gasteiger partial charge >= 0.3 is 5.97 Å². The third-order valence-electron chi connectivity index (χ3n) is 5.39. The fourth-order valence-corrected chi connectivity index (χ4v) is 3.83. The molecule has 8 heteroatoms. The molecule has 168 valence electrons. The van der Waals surface area contributed by atoms with Crippen molar-refractivity contribution in [3.05, 3.63) is 54.1 Å². The highest BCUT2D eigenvalue weighted by molar-refractivity contribution is 5.84. The molecule has 0 bridgehead atoms. The number of carbonyl (C=O) groups excluding carboxylic acids is 1. The number of unbranched alkanes of at least 4 members (excludes halogenated alkanes) is 1. The molecule has 1 amide bonds. The maximum absolute atomic E-state index is 13.0. The van der Waals surface area contributed by atoms with Crippen LogP contribution in [0, 0.1) is 5.92 Å². The molecule has 0 saturated carbocycles. The van der Waals surface area contributed by atoms with Crippen molar-refractivity contribution in [1.82, 2.24) is 25.5 Å². The molecule has 0 radical (unpaired) electrons. The SMILES string of the molecule is CCCCC(=O)N(Cc1cccc(-c2ccccc2-c2nn[nH]n2)c1)C(C(=O)O)C(C)C. The van der Waals surface area contributed by atoms with Gasteiger partial charge in [0.15, 0.2) is 0 Å². The minimum Gasteiger partial charge on any atom is -0.480 e. The van der Waals surface area contributed by atoms with Crippen LogP contribution in [0.1, 0.15) is 45.6 Å². The van der Waals surface area contributed by atoms with Gasteiger partial charge in [0.2, 0.25) is 11.7 Å². The summed E-state index contributed by atoms with van der Waals surface area (Å²) in [5.74, 6) is -0.831. The van der Waals surface area contributed by atoms with Crippen LogP contribution < -0.4 is 0 Å². The maximum Gasteiger partial charge on any atom is 0.326 e. The number of nitrogens with one attached hydrogen (secondary N) is 1. The fourth-order valence-electron chi connectivity index (χ4n) is 3.83. The Bertz CT molecular complexity index is 1050. The second-order valence-corrected chi connectivity index (χ2v) is 8.13. The van der Waals surface area contributed by atoms with Gasteiger partial charge in [-0.3, -0.25) is 4.79 Å². The number of amides is 1. The quantitative estimate of drug-likeness (QED) is 0.494. The summed E-state index contributed by atoms with van der Waals surface area (Å²) >= 11 is 0. The number of tetrazole rings is 1. The van der Waals surface area contributed by atoms with Crippen molar-refractivity contribution >= 4 is 11.9 Å². The van der Waals surface area contributed by atoms with E-state index in [-0.39, 0.29) is 18.4 Å². The van der Waals surface area contributed by atoms with E-state index in [1.807, 2.05) is 69.3 Å². The topological polar surface area (TPSA) is 112 Å². The molecule has 0 spiro atoms. The Hall–Kier alpha value is -3.55. The van der Waals surface area contributed by atoms with E-state index in [1.165, 1.54) is 4.90 Å². The normalized spacial score (nSPS) is 12.0. The number of nitrogens with zero attached hydrogens (tertiary/aromatic N) is 4. The lowest BCUT2D eigenvalue weighted by Gasteiger charge is -2.32. The van der Waals surface area contributed by atoms with E-state index in [9.17, 15) is 14.7 Å². The first-order valence-corrected chi connectivity index (χ1v) is 10.9. The van der Waals surface area contributed by atoms with Gasteiger partial charge in [-0.25, -0.2) is 4.79 Å². The number of aliphatic carboxylic acids is 1. The molecule has 0 aliphatic heterocycles. The number of carbonyl (C=O) groups is 2. The summed E-state index contributed by atoms with van der Waals surface area (Å²) in [6, 6.07) is 14.7. The first-order chi connectivity index (χ1) is 15.4. The molecule has 0 aliphatic rings. The zero-order chi connectivity index (χ0) is 23.1. The lowest BCUT2D eigenvalue weighted by molar-refractivity contribution is -0.153. The van der Waals surface area contributed by atoms with Gasteiger partial charge in [-0.05, 0) is 40.3 Å². The summed E-state index contributed by atoms with van der Waals surface area (Å²) in [6.45, 7) is 5.91. The molecule has 0 fully saturated rings. The Kier molecular flexibility index (Phi) is 7.70. The Balaban J connectivity index is 1.95. The number of rotatable bonds is 10. The number of hydrogen-bond donors (Lipinski definition) is 2. The van der Waals surface area contributed by atoms with E-state index >= 15 is 0 Å². The smallest absolute Gasteiger partial charge is 0.326 e. The molecule has 0 aliphatic carbocycles. The van der Waals surface area contributed by atoms with Crippen LogP contribution in [0.3, 0.4) is 0 Å². The predicted molar refractivity (Wildman–Crippen MR) is 121 cm³/mol. The molecule has 3 aromatic rings. The Labute approximate surface area is 187 Å². The van der Waals surface area contributed by atoms with Crippen LogP contribution in [0.2, 0.25) is 0 Å². The van der Waals surface area contributed by atoms with E-state index in [2.05, 4.69) is 20.6 Å². The first kappa shape index (κ1) is 23.1. The zero-order valence-electron chi connectivity index (χ0n) is 18.7. The summed E-state index contributed by atoms with van der Waals surface area (Å²) in [5.41, 5.74) is 3.56. The van der Waals surface area contributed by atoms with Crippen LogP contribution in [0.4, 0.5) is 0 Å². The second kappa shape index (κ2) is 10.7. The van der Waals surface area contributed by atoms with Crippen LogP contribution in [0.5, 0.6) is 0 Å². The van der Waals surface area contributed by atoms with Gasteiger partial charge in [0.25, 0.3) is 0 Å². The third kappa shape index (κ3) is 5.38. The fraction of sp³-hybridized carbons (Fsp3) is 0.375. The molecular formula is C24H29N5O3. The molecule has 2 aromatic carbocycles.